The van der Waals surface area contributed by atoms with Crippen LogP contribution in [-0.4, -0.2) is 25.6 Å². The van der Waals surface area contributed by atoms with E-state index in [0.717, 1.165) is 6.42 Å². The largest absolute Gasteiger partial charge is 0.490 e. The lowest BCUT2D eigenvalue weighted by Gasteiger charge is -2.09. The van der Waals surface area contributed by atoms with Crippen LogP contribution in [0.4, 0.5) is 4.39 Å². The van der Waals surface area contributed by atoms with Crippen LogP contribution in [0.2, 0.25) is 0 Å². The second kappa shape index (κ2) is 7.01. The van der Waals surface area contributed by atoms with Gasteiger partial charge in [0.15, 0.2) is 5.78 Å². The van der Waals surface area contributed by atoms with Crippen molar-refractivity contribution in [3.05, 3.63) is 29.6 Å². The molecule has 0 aliphatic carbocycles. The Bertz CT molecular complexity index is 377. The van der Waals surface area contributed by atoms with E-state index < -0.39 is 5.82 Å². The summed E-state index contributed by atoms with van der Waals surface area (Å²) in [5.74, 6) is -0.252. The minimum Gasteiger partial charge on any atom is -0.490 e. The molecule has 0 heterocycles. The molecule has 0 fully saturated rings. The Balaban J connectivity index is 2.55. The highest BCUT2D eigenvalue weighted by atomic mass is 19.1. The molecule has 0 radical (unpaired) electrons. The summed E-state index contributed by atoms with van der Waals surface area (Å²) in [5.41, 5.74) is 0.264. The maximum absolute atomic E-state index is 13.0. The highest BCUT2D eigenvalue weighted by molar-refractivity contribution is 5.96. The Morgan fingerprint density at radius 2 is 2.06 bits per heavy atom. The van der Waals surface area contributed by atoms with Gasteiger partial charge in [0.2, 0.25) is 0 Å². The van der Waals surface area contributed by atoms with Crippen LogP contribution in [-0.2, 0) is 4.74 Å². The molecule has 0 bridgehead atoms. The molecular formula is C13H17FO3. The Morgan fingerprint density at radius 3 is 2.71 bits per heavy atom. The maximum atomic E-state index is 13.0. The fourth-order valence-corrected chi connectivity index (χ4v) is 1.36. The van der Waals surface area contributed by atoms with Crippen molar-refractivity contribution in [2.45, 2.75) is 20.3 Å². The molecule has 0 saturated carbocycles. The zero-order valence-corrected chi connectivity index (χ0v) is 10.2. The predicted octanol–water partition coefficient (Wildman–Crippen LogP) is 2.83. The molecule has 0 aliphatic rings. The molecule has 0 spiro atoms. The van der Waals surface area contributed by atoms with Gasteiger partial charge in [-0.1, -0.05) is 6.92 Å². The fourth-order valence-electron chi connectivity index (χ4n) is 1.36. The zero-order chi connectivity index (χ0) is 12.7. The Labute approximate surface area is 101 Å². The lowest BCUT2D eigenvalue weighted by molar-refractivity contribution is 0.0962. The van der Waals surface area contributed by atoms with Crippen molar-refractivity contribution >= 4 is 5.78 Å². The number of carbonyl (C=O) groups excluding carboxylic acids is 1. The van der Waals surface area contributed by atoms with Crippen LogP contribution in [0.5, 0.6) is 5.75 Å². The number of hydrogen-bond acceptors (Lipinski definition) is 3. The number of hydrogen-bond donors (Lipinski definition) is 0. The van der Waals surface area contributed by atoms with Crippen molar-refractivity contribution in [3.8, 4) is 5.75 Å². The summed E-state index contributed by atoms with van der Waals surface area (Å²) >= 11 is 0. The van der Waals surface area contributed by atoms with E-state index in [4.69, 9.17) is 9.47 Å². The summed E-state index contributed by atoms with van der Waals surface area (Å²) in [4.78, 5) is 11.3. The number of ether oxygens (including phenoxy) is 2. The number of benzene rings is 1. The molecule has 4 heteroatoms. The van der Waals surface area contributed by atoms with Crippen LogP contribution in [0.3, 0.4) is 0 Å². The summed E-state index contributed by atoms with van der Waals surface area (Å²) in [7, 11) is 0. The molecule has 1 rings (SSSR count). The van der Waals surface area contributed by atoms with Crippen molar-refractivity contribution in [1.82, 2.24) is 0 Å². The first kappa shape index (κ1) is 13.6. The Morgan fingerprint density at radius 1 is 1.29 bits per heavy atom. The Kier molecular flexibility index (Phi) is 5.63. The van der Waals surface area contributed by atoms with Gasteiger partial charge in [-0.25, -0.2) is 4.39 Å². The highest BCUT2D eigenvalue weighted by Gasteiger charge is 2.09. The number of Topliss-reactive ketones (excluding diaryl/α,β-unsaturated/α-hetero) is 1. The van der Waals surface area contributed by atoms with Gasteiger partial charge in [0.25, 0.3) is 0 Å². The van der Waals surface area contributed by atoms with Gasteiger partial charge in [-0.15, -0.1) is 0 Å². The van der Waals surface area contributed by atoms with Gasteiger partial charge in [-0.05, 0) is 31.5 Å². The molecule has 1 aromatic carbocycles. The summed E-state index contributed by atoms with van der Waals surface area (Å²) < 4.78 is 23.6. The first-order chi connectivity index (χ1) is 8.15. The number of rotatable bonds is 7. The standard InChI is InChI=1S/C13H17FO3/c1-3-6-16-7-8-17-13-5-4-11(14)9-12(13)10(2)15/h4-5,9H,3,6-8H2,1-2H3. The van der Waals surface area contributed by atoms with Crippen LogP contribution in [0.15, 0.2) is 18.2 Å². The summed E-state index contributed by atoms with van der Waals surface area (Å²) in [5, 5.41) is 0. The molecule has 1 aromatic rings. The monoisotopic (exact) mass is 240 g/mol. The molecule has 17 heavy (non-hydrogen) atoms. The summed E-state index contributed by atoms with van der Waals surface area (Å²) in [6.45, 7) is 4.91. The predicted molar refractivity (Wildman–Crippen MR) is 63.0 cm³/mol. The number of ketones is 1. The van der Waals surface area contributed by atoms with Gasteiger partial charge < -0.3 is 9.47 Å². The highest BCUT2D eigenvalue weighted by Crippen LogP contribution is 2.20. The van der Waals surface area contributed by atoms with E-state index in [2.05, 4.69) is 0 Å². The van der Waals surface area contributed by atoms with Crippen molar-refractivity contribution < 1.29 is 18.7 Å². The third-order valence-corrected chi connectivity index (χ3v) is 2.15. The quantitative estimate of drug-likeness (QED) is 0.543. The molecule has 0 saturated heterocycles. The molecule has 3 nitrogen and oxygen atoms in total. The van der Waals surface area contributed by atoms with Crippen LogP contribution in [0, 0.1) is 5.82 Å². The lowest BCUT2D eigenvalue weighted by atomic mass is 10.1. The van der Waals surface area contributed by atoms with Gasteiger partial charge in [-0.2, -0.15) is 0 Å². The molecule has 0 aliphatic heterocycles. The second-order valence-electron chi connectivity index (χ2n) is 3.66. The van der Waals surface area contributed by atoms with Gasteiger partial charge >= 0.3 is 0 Å². The van der Waals surface area contributed by atoms with E-state index in [1.54, 1.807) is 0 Å². The molecule has 0 N–H and O–H groups in total. The average molecular weight is 240 g/mol. The number of halogens is 1. The molecular weight excluding hydrogens is 223 g/mol. The topological polar surface area (TPSA) is 35.5 Å². The van der Waals surface area contributed by atoms with E-state index in [-0.39, 0.29) is 11.3 Å². The first-order valence-corrected chi connectivity index (χ1v) is 5.66. The van der Waals surface area contributed by atoms with Crippen molar-refractivity contribution in [3.63, 3.8) is 0 Å². The van der Waals surface area contributed by atoms with Crippen molar-refractivity contribution in [1.29, 1.82) is 0 Å². The van der Waals surface area contributed by atoms with Crippen molar-refractivity contribution in [2.24, 2.45) is 0 Å². The van der Waals surface area contributed by atoms with E-state index in [0.29, 0.717) is 25.6 Å². The van der Waals surface area contributed by atoms with E-state index in [9.17, 15) is 9.18 Å². The van der Waals surface area contributed by atoms with Gasteiger partial charge in [-0.3, -0.25) is 4.79 Å². The van der Waals surface area contributed by atoms with E-state index >= 15 is 0 Å². The zero-order valence-electron chi connectivity index (χ0n) is 10.2. The van der Waals surface area contributed by atoms with Crippen LogP contribution in [0.1, 0.15) is 30.6 Å². The minimum absolute atomic E-state index is 0.214. The van der Waals surface area contributed by atoms with E-state index in [1.807, 2.05) is 6.92 Å². The molecule has 0 atom stereocenters. The van der Waals surface area contributed by atoms with E-state index in [1.165, 1.54) is 25.1 Å². The fraction of sp³-hybridized carbons (Fsp3) is 0.462. The molecule has 0 amide bonds. The SMILES string of the molecule is CCCOCCOc1ccc(F)cc1C(C)=O. The normalized spacial score (nSPS) is 10.3. The summed E-state index contributed by atoms with van der Waals surface area (Å²) in [6.07, 6.45) is 0.954. The average Bonchev–Trinajstić information content (AvgIpc) is 2.30. The smallest absolute Gasteiger partial charge is 0.163 e. The Hall–Kier alpha value is -1.42. The third kappa shape index (κ3) is 4.53. The molecule has 94 valence electrons. The number of carbonyl (C=O) groups is 1. The van der Waals surface area contributed by atoms with Gasteiger partial charge in [0, 0.05) is 6.61 Å². The maximum Gasteiger partial charge on any atom is 0.163 e. The molecule has 0 unspecified atom stereocenters. The third-order valence-electron chi connectivity index (χ3n) is 2.15. The van der Waals surface area contributed by atoms with Crippen LogP contribution < -0.4 is 4.74 Å². The lowest BCUT2D eigenvalue weighted by Crippen LogP contribution is -2.09. The van der Waals surface area contributed by atoms with Gasteiger partial charge in [0.1, 0.15) is 18.2 Å². The minimum atomic E-state index is -0.440. The summed E-state index contributed by atoms with van der Waals surface area (Å²) in [6, 6.07) is 3.92. The van der Waals surface area contributed by atoms with Gasteiger partial charge in [0.05, 0.1) is 12.2 Å². The van der Waals surface area contributed by atoms with Crippen LogP contribution >= 0.6 is 0 Å². The van der Waals surface area contributed by atoms with Crippen molar-refractivity contribution in [2.75, 3.05) is 19.8 Å². The van der Waals surface area contributed by atoms with Crippen LogP contribution in [0.25, 0.3) is 0 Å². The first-order valence-electron chi connectivity index (χ1n) is 5.66. The molecule has 0 aromatic heterocycles. The second-order valence-corrected chi connectivity index (χ2v) is 3.66.